The molecule has 0 saturated carbocycles. The van der Waals surface area contributed by atoms with Crippen molar-refractivity contribution in [2.75, 3.05) is 6.54 Å². The Hall–Kier alpha value is -3.56. The Morgan fingerprint density at radius 1 is 1.03 bits per heavy atom. The van der Waals surface area contributed by atoms with Crippen molar-refractivity contribution in [2.45, 2.75) is 19.8 Å². The SMILES string of the molecule is CC1=CC[C@H]2C(=O)N(N(CC(=O)c3ccc([N+](=O)[O-])cc3)C(=O)c3ccc(Cl)c(Cl)c3)C(=O)[C@@H]2C1. The topological polar surface area (TPSA) is 118 Å². The van der Waals surface area contributed by atoms with Gasteiger partial charge in [-0.25, -0.2) is 5.01 Å². The molecular weight excluding hydrogens is 497 g/mol. The Balaban J connectivity index is 1.69. The van der Waals surface area contributed by atoms with E-state index in [1.54, 1.807) is 0 Å². The number of nitro groups is 1. The Labute approximate surface area is 210 Å². The largest absolute Gasteiger partial charge is 0.292 e. The number of rotatable bonds is 6. The van der Waals surface area contributed by atoms with Crippen LogP contribution in [0.15, 0.2) is 54.1 Å². The van der Waals surface area contributed by atoms with Crippen LogP contribution in [-0.4, -0.2) is 45.0 Å². The maximum Gasteiger partial charge on any atom is 0.273 e. The van der Waals surface area contributed by atoms with Crippen molar-refractivity contribution in [3.63, 3.8) is 0 Å². The van der Waals surface area contributed by atoms with Gasteiger partial charge in [0.15, 0.2) is 5.78 Å². The van der Waals surface area contributed by atoms with E-state index in [1.807, 2.05) is 13.0 Å². The molecule has 2 aromatic carbocycles. The van der Waals surface area contributed by atoms with Gasteiger partial charge in [-0.1, -0.05) is 34.9 Å². The summed E-state index contributed by atoms with van der Waals surface area (Å²) in [4.78, 5) is 63.4. The summed E-state index contributed by atoms with van der Waals surface area (Å²) in [6.45, 7) is 1.23. The number of carbonyl (C=O) groups is 4. The van der Waals surface area contributed by atoms with Gasteiger partial charge < -0.3 is 0 Å². The number of amides is 3. The van der Waals surface area contributed by atoms with Crippen LogP contribution in [0, 0.1) is 22.0 Å². The molecule has 0 spiro atoms. The number of non-ortho nitro benzene ring substituents is 1. The lowest BCUT2D eigenvalue weighted by Crippen LogP contribution is -2.52. The summed E-state index contributed by atoms with van der Waals surface area (Å²) in [6.07, 6.45) is 2.64. The standard InChI is InChI=1S/C24H19Cl2N3O6/c1-13-2-8-17-18(10-13)24(33)28(23(17)32)27(22(31)15-5-9-19(25)20(26)11-15)12-21(30)14-3-6-16(7-4-14)29(34)35/h2-7,9,11,17-18H,8,10,12H2,1H3/t17-,18-/m1/s1. The quantitative estimate of drug-likeness (QED) is 0.184. The number of hydrogen-bond donors (Lipinski definition) is 0. The average Bonchev–Trinajstić information content (AvgIpc) is 3.07. The number of ketones is 1. The number of Topliss-reactive ketones (excluding diaryl/α,β-unsaturated/α-hetero) is 1. The van der Waals surface area contributed by atoms with Gasteiger partial charge >= 0.3 is 0 Å². The van der Waals surface area contributed by atoms with Crippen LogP contribution in [0.1, 0.15) is 40.5 Å². The highest BCUT2D eigenvalue weighted by atomic mass is 35.5. The first-order valence-corrected chi connectivity index (χ1v) is 11.4. The maximum absolute atomic E-state index is 13.5. The summed E-state index contributed by atoms with van der Waals surface area (Å²) in [6, 6.07) is 8.89. The molecule has 0 N–H and O–H groups in total. The van der Waals surface area contributed by atoms with Crippen LogP contribution in [0.5, 0.6) is 0 Å². The van der Waals surface area contributed by atoms with Crippen molar-refractivity contribution in [1.29, 1.82) is 0 Å². The molecule has 35 heavy (non-hydrogen) atoms. The first kappa shape index (κ1) is 24.6. The lowest BCUT2D eigenvalue weighted by Gasteiger charge is -2.30. The summed E-state index contributed by atoms with van der Waals surface area (Å²) in [5.74, 6) is -3.76. The van der Waals surface area contributed by atoms with E-state index in [1.165, 1.54) is 30.3 Å². The maximum atomic E-state index is 13.5. The monoisotopic (exact) mass is 515 g/mol. The molecule has 1 fully saturated rings. The molecule has 2 aromatic rings. The van der Waals surface area contributed by atoms with Crippen molar-refractivity contribution in [3.05, 3.63) is 85.4 Å². The predicted octanol–water partition coefficient (Wildman–Crippen LogP) is 4.48. The molecule has 11 heteroatoms. The van der Waals surface area contributed by atoms with E-state index in [0.29, 0.717) is 12.8 Å². The first-order valence-electron chi connectivity index (χ1n) is 10.7. The molecule has 1 aliphatic carbocycles. The Kier molecular flexibility index (Phi) is 6.73. The summed E-state index contributed by atoms with van der Waals surface area (Å²) in [7, 11) is 0. The third-order valence-corrected chi connectivity index (χ3v) is 6.87. The molecule has 4 rings (SSSR count). The van der Waals surface area contributed by atoms with Gasteiger partial charge in [-0.2, -0.15) is 5.01 Å². The van der Waals surface area contributed by atoms with Gasteiger partial charge in [0.2, 0.25) is 0 Å². The minimum Gasteiger partial charge on any atom is -0.292 e. The minimum absolute atomic E-state index is 0.0284. The van der Waals surface area contributed by atoms with Gasteiger partial charge in [0.05, 0.1) is 26.8 Å². The summed E-state index contributed by atoms with van der Waals surface area (Å²) >= 11 is 12.0. The van der Waals surface area contributed by atoms with E-state index in [2.05, 4.69) is 0 Å². The highest BCUT2D eigenvalue weighted by Crippen LogP contribution is 2.38. The molecule has 0 radical (unpaired) electrons. The second-order valence-electron chi connectivity index (χ2n) is 8.41. The zero-order valence-corrected chi connectivity index (χ0v) is 20.0. The molecule has 180 valence electrons. The third-order valence-electron chi connectivity index (χ3n) is 6.14. The molecule has 1 saturated heterocycles. The summed E-state index contributed by atoms with van der Waals surface area (Å²) in [5, 5.41) is 12.8. The molecule has 2 aliphatic rings. The highest BCUT2D eigenvalue weighted by molar-refractivity contribution is 6.42. The van der Waals surface area contributed by atoms with E-state index in [0.717, 1.165) is 27.7 Å². The number of nitro benzene ring substituents is 1. The first-order chi connectivity index (χ1) is 16.6. The molecule has 0 unspecified atom stereocenters. The number of benzene rings is 2. The van der Waals surface area contributed by atoms with Crippen molar-refractivity contribution in [1.82, 2.24) is 10.0 Å². The fourth-order valence-electron chi connectivity index (χ4n) is 4.27. The number of hydrazine groups is 1. The molecule has 1 aliphatic heterocycles. The summed E-state index contributed by atoms with van der Waals surface area (Å²) < 4.78 is 0. The minimum atomic E-state index is -0.788. The lowest BCUT2D eigenvalue weighted by atomic mass is 9.82. The smallest absolute Gasteiger partial charge is 0.273 e. The Morgan fingerprint density at radius 2 is 1.66 bits per heavy atom. The van der Waals surface area contributed by atoms with Crippen LogP contribution >= 0.6 is 23.2 Å². The van der Waals surface area contributed by atoms with Gasteiger partial charge in [0.1, 0.15) is 6.54 Å². The van der Waals surface area contributed by atoms with E-state index < -0.39 is 46.8 Å². The number of imide groups is 1. The zero-order valence-electron chi connectivity index (χ0n) is 18.4. The van der Waals surface area contributed by atoms with Crippen LogP contribution in [0.25, 0.3) is 0 Å². The van der Waals surface area contributed by atoms with E-state index in [9.17, 15) is 29.3 Å². The van der Waals surface area contributed by atoms with Crippen molar-refractivity contribution >= 4 is 52.4 Å². The molecule has 0 bridgehead atoms. The van der Waals surface area contributed by atoms with Gasteiger partial charge in [-0.15, -0.1) is 0 Å². The third kappa shape index (κ3) is 4.69. The van der Waals surface area contributed by atoms with Crippen LogP contribution < -0.4 is 0 Å². The van der Waals surface area contributed by atoms with E-state index in [-0.39, 0.29) is 26.9 Å². The number of halogens is 2. The number of nitrogens with zero attached hydrogens (tertiary/aromatic N) is 3. The molecule has 2 atom stereocenters. The Bertz CT molecular complexity index is 1290. The fourth-order valence-corrected chi connectivity index (χ4v) is 4.56. The highest BCUT2D eigenvalue weighted by Gasteiger charge is 2.51. The normalized spacial score (nSPS) is 19.3. The second kappa shape index (κ2) is 9.59. The number of fused-ring (bicyclic) bond motifs is 1. The molecule has 0 aromatic heterocycles. The molecular formula is C24H19Cl2N3O6. The number of hydrogen-bond acceptors (Lipinski definition) is 6. The van der Waals surface area contributed by atoms with Crippen LogP contribution in [-0.2, 0) is 9.59 Å². The molecule has 9 nitrogen and oxygen atoms in total. The van der Waals surface area contributed by atoms with Gasteiger partial charge in [-0.05, 0) is 50.1 Å². The Morgan fingerprint density at radius 3 is 2.29 bits per heavy atom. The fraction of sp³-hybridized carbons (Fsp3) is 0.250. The summed E-state index contributed by atoms with van der Waals surface area (Å²) in [5.41, 5.74) is 0.873. The van der Waals surface area contributed by atoms with Crippen LogP contribution in [0.3, 0.4) is 0 Å². The predicted molar refractivity (Wildman–Crippen MR) is 127 cm³/mol. The van der Waals surface area contributed by atoms with Crippen molar-refractivity contribution < 1.29 is 24.1 Å². The number of carbonyl (C=O) groups excluding carboxylic acids is 4. The average molecular weight is 516 g/mol. The lowest BCUT2D eigenvalue weighted by molar-refractivity contribution is -0.384. The van der Waals surface area contributed by atoms with E-state index in [4.69, 9.17) is 23.2 Å². The zero-order chi connectivity index (χ0) is 25.4. The van der Waals surface area contributed by atoms with Crippen molar-refractivity contribution in [2.24, 2.45) is 11.8 Å². The van der Waals surface area contributed by atoms with Crippen LogP contribution in [0.4, 0.5) is 5.69 Å². The van der Waals surface area contributed by atoms with Crippen molar-refractivity contribution in [3.8, 4) is 0 Å². The van der Waals surface area contributed by atoms with Crippen LogP contribution in [0.2, 0.25) is 10.0 Å². The van der Waals surface area contributed by atoms with Gasteiger partial charge in [0, 0.05) is 23.3 Å². The second-order valence-corrected chi connectivity index (χ2v) is 9.22. The van der Waals surface area contributed by atoms with E-state index >= 15 is 0 Å². The number of allylic oxidation sites excluding steroid dienone is 2. The molecule has 3 amide bonds. The van der Waals surface area contributed by atoms with Gasteiger partial charge in [0.25, 0.3) is 23.4 Å². The van der Waals surface area contributed by atoms with Gasteiger partial charge in [-0.3, -0.25) is 29.3 Å². The molecule has 1 heterocycles.